The molecule has 2 bridgehead atoms. The third kappa shape index (κ3) is 3.44. The number of nitrogens with zero attached hydrogens (tertiary/aromatic N) is 3. The SMILES string of the molecule is O=[S@@]1CCCc2nc(N3C4CC(c5ccc(Cl)cc5)CC3C4)nc(NC3(CO)CCC3)c21. The molecule has 2 unspecified atom stereocenters. The molecule has 6 nitrogen and oxygen atoms in total. The fourth-order valence-corrected chi connectivity index (χ4v) is 7.41. The van der Waals surface area contributed by atoms with Crippen molar-refractivity contribution >= 4 is 34.2 Å². The average molecular weight is 473 g/mol. The van der Waals surface area contributed by atoms with Crippen molar-refractivity contribution in [3.05, 3.63) is 40.5 Å². The molecule has 3 atom stereocenters. The molecule has 1 aromatic carbocycles. The Bertz CT molecular complexity index is 1040. The molecule has 4 heterocycles. The summed E-state index contributed by atoms with van der Waals surface area (Å²) >= 11 is 6.08. The normalized spacial score (nSPS) is 30.1. The molecular weight excluding hydrogens is 444 g/mol. The highest BCUT2D eigenvalue weighted by Gasteiger charge is 2.47. The first-order chi connectivity index (χ1) is 15.5. The van der Waals surface area contributed by atoms with Gasteiger partial charge in [0.1, 0.15) is 10.7 Å². The molecule has 2 aliphatic carbocycles. The summed E-state index contributed by atoms with van der Waals surface area (Å²) in [6.45, 7) is 0.0749. The molecular formula is C24H29ClN4O2S. The second-order valence-electron chi connectivity index (χ2n) is 9.89. The van der Waals surface area contributed by atoms with Gasteiger partial charge in [-0.2, -0.15) is 4.98 Å². The summed E-state index contributed by atoms with van der Waals surface area (Å²) in [6, 6.07) is 9.15. The summed E-state index contributed by atoms with van der Waals surface area (Å²) in [5, 5.41) is 14.3. The second kappa shape index (κ2) is 7.96. The Hall–Kier alpha value is -1.70. The van der Waals surface area contributed by atoms with Crippen LogP contribution in [0.3, 0.4) is 0 Å². The molecule has 4 fully saturated rings. The number of hydrogen-bond acceptors (Lipinski definition) is 6. The van der Waals surface area contributed by atoms with Gasteiger partial charge in [0.25, 0.3) is 0 Å². The molecule has 2 N–H and O–H groups in total. The van der Waals surface area contributed by atoms with Gasteiger partial charge in [0, 0.05) is 22.9 Å². The highest BCUT2D eigenvalue weighted by molar-refractivity contribution is 7.85. The van der Waals surface area contributed by atoms with E-state index in [4.69, 9.17) is 21.6 Å². The average Bonchev–Trinajstić information content (AvgIpc) is 2.76. The largest absolute Gasteiger partial charge is 0.394 e. The van der Waals surface area contributed by atoms with E-state index in [-0.39, 0.29) is 12.1 Å². The Labute approximate surface area is 196 Å². The number of aryl methyl sites for hydroxylation is 1. The van der Waals surface area contributed by atoms with Crippen molar-refractivity contribution < 1.29 is 9.32 Å². The van der Waals surface area contributed by atoms with E-state index in [1.807, 2.05) is 12.1 Å². The molecule has 5 aliphatic rings. The van der Waals surface area contributed by atoms with Crippen molar-refractivity contribution in [2.45, 2.75) is 79.8 Å². The van der Waals surface area contributed by atoms with Crippen LogP contribution in [0.5, 0.6) is 0 Å². The maximum absolute atomic E-state index is 12.9. The van der Waals surface area contributed by atoms with Crippen molar-refractivity contribution in [3.63, 3.8) is 0 Å². The molecule has 170 valence electrons. The van der Waals surface area contributed by atoms with Crippen LogP contribution in [0.1, 0.15) is 62.1 Å². The first-order valence-electron chi connectivity index (χ1n) is 11.8. The van der Waals surface area contributed by atoms with Crippen molar-refractivity contribution in [1.82, 2.24) is 9.97 Å². The van der Waals surface area contributed by atoms with Crippen LogP contribution in [-0.2, 0) is 17.2 Å². The van der Waals surface area contributed by atoms with Crippen LogP contribution >= 0.6 is 11.6 Å². The Morgan fingerprint density at radius 1 is 1.12 bits per heavy atom. The van der Waals surface area contributed by atoms with Crippen molar-refractivity contribution in [1.29, 1.82) is 0 Å². The number of aliphatic hydroxyl groups is 1. The van der Waals surface area contributed by atoms with Crippen LogP contribution in [0.25, 0.3) is 0 Å². The number of nitrogens with one attached hydrogen (secondary N) is 1. The lowest BCUT2D eigenvalue weighted by molar-refractivity contribution is 0.143. The van der Waals surface area contributed by atoms with E-state index in [0.29, 0.717) is 29.6 Å². The van der Waals surface area contributed by atoms with Crippen LogP contribution in [0.15, 0.2) is 29.2 Å². The number of anilines is 2. The predicted octanol–water partition coefficient (Wildman–Crippen LogP) is 4.04. The van der Waals surface area contributed by atoms with Gasteiger partial charge < -0.3 is 15.3 Å². The maximum Gasteiger partial charge on any atom is 0.228 e. The molecule has 2 saturated heterocycles. The van der Waals surface area contributed by atoms with Crippen molar-refractivity contribution in [2.75, 3.05) is 22.6 Å². The zero-order valence-corrected chi connectivity index (χ0v) is 19.7. The Balaban J connectivity index is 1.29. The summed E-state index contributed by atoms with van der Waals surface area (Å²) in [6.07, 6.45) is 8.03. The van der Waals surface area contributed by atoms with Crippen LogP contribution in [-0.4, -0.2) is 49.3 Å². The van der Waals surface area contributed by atoms with Crippen LogP contribution < -0.4 is 10.2 Å². The summed E-state index contributed by atoms with van der Waals surface area (Å²) in [4.78, 5) is 13.0. The molecule has 0 spiro atoms. The zero-order chi connectivity index (χ0) is 21.9. The Morgan fingerprint density at radius 2 is 1.88 bits per heavy atom. The Kier molecular flexibility index (Phi) is 5.19. The third-order valence-electron chi connectivity index (χ3n) is 7.91. The summed E-state index contributed by atoms with van der Waals surface area (Å²) in [5.41, 5.74) is 1.96. The molecule has 8 heteroatoms. The number of aliphatic hydroxyl groups excluding tert-OH is 1. The van der Waals surface area contributed by atoms with Gasteiger partial charge in [0.05, 0.1) is 28.6 Å². The lowest BCUT2D eigenvalue weighted by Crippen LogP contribution is -2.61. The summed E-state index contributed by atoms with van der Waals surface area (Å²) < 4.78 is 12.9. The minimum atomic E-state index is -1.08. The predicted molar refractivity (Wildman–Crippen MR) is 127 cm³/mol. The number of fused-ring (bicyclic) bond motifs is 3. The fourth-order valence-electron chi connectivity index (χ4n) is 5.95. The Morgan fingerprint density at radius 3 is 2.53 bits per heavy atom. The van der Waals surface area contributed by atoms with Gasteiger partial charge in [-0.15, -0.1) is 0 Å². The monoisotopic (exact) mass is 472 g/mol. The highest BCUT2D eigenvalue weighted by atomic mass is 35.5. The van der Waals surface area contributed by atoms with Crippen molar-refractivity contribution in [3.8, 4) is 0 Å². The first kappa shape index (κ1) is 20.9. The molecule has 2 aromatic rings. The fraction of sp³-hybridized carbons (Fsp3) is 0.583. The van der Waals surface area contributed by atoms with Gasteiger partial charge in [-0.05, 0) is 75.0 Å². The van der Waals surface area contributed by atoms with E-state index in [9.17, 15) is 9.32 Å². The smallest absolute Gasteiger partial charge is 0.228 e. The second-order valence-corrected chi connectivity index (χ2v) is 11.8. The number of rotatable bonds is 5. The first-order valence-corrected chi connectivity index (χ1v) is 13.5. The summed E-state index contributed by atoms with van der Waals surface area (Å²) in [5.74, 6) is 2.67. The minimum absolute atomic E-state index is 0.0749. The molecule has 7 rings (SSSR count). The van der Waals surface area contributed by atoms with E-state index in [0.717, 1.165) is 66.5 Å². The van der Waals surface area contributed by atoms with Gasteiger partial charge in [-0.3, -0.25) is 4.21 Å². The van der Waals surface area contributed by atoms with Crippen LogP contribution in [0.4, 0.5) is 11.8 Å². The maximum atomic E-state index is 12.9. The van der Waals surface area contributed by atoms with Gasteiger partial charge in [0.15, 0.2) is 0 Å². The van der Waals surface area contributed by atoms with Gasteiger partial charge in [-0.1, -0.05) is 23.7 Å². The number of halogens is 1. The number of piperidine rings is 1. The van der Waals surface area contributed by atoms with E-state index in [1.165, 1.54) is 12.0 Å². The zero-order valence-electron chi connectivity index (χ0n) is 18.1. The summed E-state index contributed by atoms with van der Waals surface area (Å²) in [7, 11) is -1.08. The van der Waals surface area contributed by atoms with Gasteiger partial charge in [0.2, 0.25) is 5.95 Å². The van der Waals surface area contributed by atoms with E-state index in [2.05, 4.69) is 22.3 Å². The number of hydrogen-bond donors (Lipinski definition) is 2. The van der Waals surface area contributed by atoms with Gasteiger partial charge in [-0.25, -0.2) is 4.98 Å². The molecule has 0 radical (unpaired) electrons. The molecule has 3 aliphatic heterocycles. The van der Waals surface area contributed by atoms with Gasteiger partial charge >= 0.3 is 0 Å². The molecule has 32 heavy (non-hydrogen) atoms. The van der Waals surface area contributed by atoms with Crippen LogP contribution in [0.2, 0.25) is 5.02 Å². The van der Waals surface area contributed by atoms with Crippen LogP contribution in [0, 0.1) is 0 Å². The number of benzene rings is 1. The molecule has 0 amide bonds. The lowest BCUT2D eigenvalue weighted by atomic mass is 9.71. The lowest BCUT2D eigenvalue weighted by Gasteiger charge is -2.55. The molecule has 1 aromatic heterocycles. The minimum Gasteiger partial charge on any atom is -0.394 e. The van der Waals surface area contributed by atoms with E-state index >= 15 is 0 Å². The van der Waals surface area contributed by atoms with E-state index in [1.54, 1.807) is 0 Å². The van der Waals surface area contributed by atoms with Crippen molar-refractivity contribution in [2.24, 2.45) is 0 Å². The van der Waals surface area contributed by atoms with E-state index < -0.39 is 10.8 Å². The topological polar surface area (TPSA) is 78.4 Å². The third-order valence-corrected chi connectivity index (χ3v) is 9.70. The number of aromatic nitrogens is 2. The highest BCUT2D eigenvalue weighted by Crippen LogP contribution is 2.48. The molecule has 2 saturated carbocycles. The quantitative estimate of drug-likeness (QED) is 0.683. The standard InChI is InChI=1S/C24H29ClN4O2S/c25-17-6-4-15(5-7-17)16-11-18-13-19(12-16)29(18)23-26-20-3-1-10-32(31)21(20)22(27-23)28-24(14-30)8-2-9-24/h4-7,16,18-19,30H,1-3,8-14H2,(H,26,27,28)/t16?,18?,19?,32-/m1/s1.